The Bertz CT molecular complexity index is 326. The molecule has 0 aromatic rings. The number of carbonyl (C=O) groups excluding carboxylic acids is 1. The van der Waals surface area contributed by atoms with Crippen LogP contribution in [0.5, 0.6) is 0 Å². The van der Waals surface area contributed by atoms with E-state index in [1.54, 1.807) is 6.92 Å². The van der Waals surface area contributed by atoms with Crippen molar-refractivity contribution in [2.24, 2.45) is 0 Å². The molecule has 5 nitrogen and oxygen atoms in total. The van der Waals surface area contributed by atoms with E-state index in [0.717, 1.165) is 12.5 Å². The van der Waals surface area contributed by atoms with Gasteiger partial charge in [0.05, 0.1) is 16.2 Å². The van der Waals surface area contributed by atoms with E-state index in [1.165, 1.54) is 0 Å². The summed E-state index contributed by atoms with van der Waals surface area (Å²) in [6, 6.07) is 0. The third-order valence-corrected chi connectivity index (χ3v) is 2.78. The van der Waals surface area contributed by atoms with E-state index in [-0.39, 0.29) is 70.0 Å². The maximum atomic E-state index is 10.8. The molecule has 0 N–H and O–H groups in total. The van der Waals surface area contributed by atoms with Crippen molar-refractivity contribution in [2.75, 3.05) is 5.75 Å². The zero-order chi connectivity index (χ0) is 12.6. The van der Waals surface area contributed by atoms with Crippen LogP contribution in [0.15, 0.2) is 12.7 Å². The van der Waals surface area contributed by atoms with Crippen molar-refractivity contribution in [3.63, 3.8) is 0 Å². The van der Waals surface area contributed by atoms with Gasteiger partial charge in [-0.2, -0.15) is 0 Å². The fraction of sp³-hybridized carbons (Fsp3) is 0.700. The molecule has 0 aliphatic rings. The summed E-state index contributed by atoms with van der Waals surface area (Å²) in [5.41, 5.74) is 0. The molecule has 0 aromatic carbocycles. The van der Waals surface area contributed by atoms with Gasteiger partial charge in [0, 0.05) is 11.8 Å². The molecule has 7 heteroatoms. The summed E-state index contributed by atoms with van der Waals surface area (Å²) >= 11 is 0. The molecular weight excluding hydrogens is 318 g/mol. The van der Waals surface area contributed by atoms with Gasteiger partial charge in [-0.05, 0) is 26.2 Å². The molecule has 17 heavy (non-hydrogen) atoms. The second-order valence-corrected chi connectivity index (χ2v) is 5.09. The van der Waals surface area contributed by atoms with Gasteiger partial charge in [0.1, 0.15) is 0 Å². The van der Waals surface area contributed by atoms with E-state index in [1.807, 2.05) is 0 Å². The summed E-state index contributed by atoms with van der Waals surface area (Å²) in [5.74, 6) is -0.789. The Morgan fingerprint density at radius 2 is 2.00 bits per heavy atom. The summed E-state index contributed by atoms with van der Waals surface area (Å²) < 4.78 is 35.7. The molecule has 0 aliphatic carbocycles. The van der Waals surface area contributed by atoms with E-state index in [9.17, 15) is 17.8 Å². The molecule has 0 fully saturated rings. The third-order valence-electron chi connectivity index (χ3n) is 1.99. The van der Waals surface area contributed by atoms with Gasteiger partial charge in [-0.15, -0.1) is 0 Å². The number of hydrogen-bond acceptors (Lipinski definition) is 5. The minimum atomic E-state index is -4.10. The summed E-state index contributed by atoms with van der Waals surface area (Å²) in [6.07, 6.45) is 3.25. The fourth-order valence-electron chi connectivity index (χ4n) is 1.19. The van der Waals surface area contributed by atoms with Crippen LogP contribution in [0, 0.1) is 0 Å². The minimum absolute atomic E-state index is 0. The van der Waals surface area contributed by atoms with Crippen molar-refractivity contribution >= 4 is 16.1 Å². The number of hydrogen-bond donors (Lipinski definition) is 0. The van der Waals surface area contributed by atoms with Gasteiger partial charge in [0.25, 0.3) is 0 Å². The number of rotatable bonds is 8. The summed E-state index contributed by atoms with van der Waals surface area (Å²) in [6.45, 7) is 5.03. The van der Waals surface area contributed by atoms with E-state index in [0.29, 0.717) is 19.3 Å². The van der Waals surface area contributed by atoms with Crippen LogP contribution in [0.4, 0.5) is 0 Å². The van der Waals surface area contributed by atoms with E-state index < -0.39 is 16.1 Å². The van der Waals surface area contributed by atoms with Gasteiger partial charge in [-0.1, -0.05) is 13.0 Å². The maximum absolute atomic E-state index is 10.8. The Balaban J connectivity index is 0. The Morgan fingerprint density at radius 3 is 2.47 bits per heavy atom. The summed E-state index contributed by atoms with van der Waals surface area (Å²) in [5, 5.41) is 0. The molecule has 0 radical (unpaired) electrons. The molecule has 1 unspecified atom stereocenters. The number of ether oxygens (including phenoxy) is 1. The van der Waals surface area contributed by atoms with Crippen LogP contribution in [0.25, 0.3) is 0 Å². The quantitative estimate of drug-likeness (QED) is 0.227. The molecule has 0 aliphatic heterocycles. The first-order valence-corrected chi connectivity index (χ1v) is 6.69. The van der Waals surface area contributed by atoms with Crippen LogP contribution in [0.1, 0.15) is 32.6 Å². The molecule has 1 atom stereocenters. The normalized spacial score (nSPS) is 12.4. The van der Waals surface area contributed by atoms with Crippen LogP contribution in [0.2, 0.25) is 0 Å². The second kappa shape index (κ2) is 10.8. The van der Waals surface area contributed by atoms with E-state index >= 15 is 0 Å². The Kier molecular flexibility index (Phi) is 12.9. The summed E-state index contributed by atoms with van der Waals surface area (Å²) in [4.78, 5) is 10.8. The van der Waals surface area contributed by atoms with Crippen LogP contribution in [0.3, 0.4) is 0 Å². The SMILES string of the molecule is C=CC(=O)OC(C)CCCCCS(=O)(=O)[O-].[Rb+]. The molecule has 0 amide bonds. The Hall–Kier alpha value is 0.925. The van der Waals surface area contributed by atoms with Crippen LogP contribution >= 0.6 is 0 Å². The van der Waals surface area contributed by atoms with Gasteiger partial charge < -0.3 is 9.29 Å². The predicted octanol–water partition coefficient (Wildman–Crippen LogP) is -1.79. The smallest absolute Gasteiger partial charge is 0.748 e. The molecule has 0 saturated heterocycles. The monoisotopic (exact) mass is 334 g/mol. The zero-order valence-electron chi connectivity index (χ0n) is 10.3. The fourth-order valence-corrected chi connectivity index (χ4v) is 1.75. The molecule has 0 bridgehead atoms. The Labute approximate surface area is 152 Å². The Morgan fingerprint density at radius 1 is 1.41 bits per heavy atom. The first kappa shape index (κ1) is 20.2. The van der Waals surface area contributed by atoms with Gasteiger partial charge >= 0.3 is 64.2 Å². The molecular formula is C10H17O5RbS. The molecule has 0 heterocycles. The van der Waals surface area contributed by atoms with Crippen molar-refractivity contribution in [3.8, 4) is 0 Å². The first-order chi connectivity index (χ1) is 7.35. The van der Waals surface area contributed by atoms with E-state index in [2.05, 4.69) is 6.58 Å². The van der Waals surface area contributed by atoms with Gasteiger partial charge in [-0.3, -0.25) is 0 Å². The largest absolute Gasteiger partial charge is 1.00 e. The van der Waals surface area contributed by atoms with Gasteiger partial charge in [0.15, 0.2) is 0 Å². The molecule has 94 valence electrons. The van der Waals surface area contributed by atoms with Crippen LogP contribution in [-0.4, -0.2) is 30.8 Å². The second-order valence-electron chi connectivity index (χ2n) is 3.56. The molecule has 0 spiro atoms. The van der Waals surface area contributed by atoms with Crippen molar-refractivity contribution in [1.82, 2.24) is 0 Å². The average Bonchev–Trinajstić information content (AvgIpc) is 2.15. The van der Waals surface area contributed by atoms with Crippen LogP contribution in [-0.2, 0) is 19.6 Å². The predicted molar refractivity (Wildman–Crippen MR) is 58.8 cm³/mol. The first-order valence-electron chi connectivity index (χ1n) is 5.12. The number of unbranched alkanes of at least 4 members (excludes halogenated alkanes) is 2. The maximum Gasteiger partial charge on any atom is 1.00 e. The standard InChI is InChI=1S/C10H18O5S.Rb/c1-3-10(11)15-9(2)7-5-4-6-8-16(12,13)14;/h3,9H,1,4-8H2,2H3,(H,12,13,14);/q;+1/p-1. The van der Waals surface area contributed by atoms with Crippen LogP contribution < -0.4 is 58.2 Å². The zero-order valence-corrected chi connectivity index (χ0v) is 16.1. The molecule has 0 saturated carbocycles. The van der Waals surface area contributed by atoms with Crippen molar-refractivity contribution in [3.05, 3.63) is 12.7 Å². The van der Waals surface area contributed by atoms with Gasteiger partial charge in [-0.25, -0.2) is 13.2 Å². The molecule has 0 aromatic heterocycles. The van der Waals surface area contributed by atoms with Crippen molar-refractivity contribution in [2.45, 2.75) is 38.7 Å². The van der Waals surface area contributed by atoms with Crippen molar-refractivity contribution < 1.29 is 80.7 Å². The van der Waals surface area contributed by atoms with E-state index in [4.69, 9.17) is 4.74 Å². The number of carbonyl (C=O) groups is 1. The third kappa shape index (κ3) is 14.9. The number of esters is 1. The van der Waals surface area contributed by atoms with Gasteiger partial charge in [0.2, 0.25) is 0 Å². The van der Waals surface area contributed by atoms with Crippen molar-refractivity contribution in [1.29, 1.82) is 0 Å². The minimum Gasteiger partial charge on any atom is -0.748 e. The average molecular weight is 335 g/mol. The summed E-state index contributed by atoms with van der Waals surface area (Å²) in [7, 11) is -4.10. The molecule has 0 rings (SSSR count). The topological polar surface area (TPSA) is 83.5 Å².